The molecular weight excluding hydrogens is 303 g/mol. The highest BCUT2D eigenvalue weighted by Gasteiger charge is 2.32. The van der Waals surface area contributed by atoms with Crippen LogP contribution in [0.2, 0.25) is 5.02 Å². The molecule has 22 heavy (non-hydrogen) atoms. The van der Waals surface area contributed by atoms with Gasteiger partial charge >= 0.3 is 0 Å². The van der Waals surface area contributed by atoms with E-state index in [2.05, 4.69) is 0 Å². The first-order valence-corrected chi connectivity index (χ1v) is 7.37. The fourth-order valence-electron chi connectivity index (χ4n) is 2.93. The number of nitrogens with zero attached hydrogens (tertiary/aromatic N) is 2. The Morgan fingerprint density at radius 1 is 1.14 bits per heavy atom. The summed E-state index contributed by atoms with van der Waals surface area (Å²) in [5.41, 5.74) is 2.12. The molecule has 0 spiro atoms. The van der Waals surface area contributed by atoms with E-state index in [9.17, 15) is 9.18 Å². The minimum atomic E-state index is -0.358. The second-order valence-electron chi connectivity index (χ2n) is 5.50. The number of hydrogen-bond donors (Lipinski definition) is 0. The molecule has 1 atom stereocenters. The molecule has 0 saturated carbocycles. The minimum absolute atomic E-state index is 0.0371. The van der Waals surface area contributed by atoms with Crippen LogP contribution in [0, 0.1) is 5.82 Å². The predicted molar refractivity (Wildman–Crippen MR) is 85.7 cm³/mol. The van der Waals surface area contributed by atoms with Gasteiger partial charge in [0.05, 0.1) is 12.6 Å². The first-order valence-electron chi connectivity index (χ1n) is 6.99. The van der Waals surface area contributed by atoms with Gasteiger partial charge in [-0.3, -0.25) is 9.69 Å². The molecule has 5 heteroatoms. The van der Waals surface area contributed by atoms with Gasteiger partial charge in [0.15, 0.2) is 0 Å². The zero-order valence-electron chi connectivity index (χ0n) is 12.4. The van der Waals surface area contributed by atoms with Gasteiger partial charge in [0.2, 0.25) is 5.91 Å². The molecule has 1 heterocycles. The molecule has 2 aromatic rings. The van der Waals surface area contributed by atoms with Gasteiger partial charge in [0.25, 0.3) is 0 Å². The van der Waals surface area contributed by atoms with Crippen molar-refractivity contribution in [2.75, 3.05) is 25.5 Å². The lowest BCUT2D eigenvalue weighted by atomic mass is 9.95. The third-order valence-corrected chi connectivity index (χ3v) is 4.28. The van der Waals surface area contributed by atoms with Gasteiger partial charge in [-0.15, -0.1) is 0 Å². The largest absolute Gasteiger partial charge is 0.314 e. The van der Waals surface area contributed by atoms with Crippen LogP contribution in [-0.4, -0.2) is 31.4 Å². The van der Waals surface area contributed by atoms with E-state index < -0.39 is 0 Å². The van der Waals surface area contributed by atoms with Crippen molar-refractivity contribution in [3.05, 3.63) is 64.4 Å². The molecule has 0 radical (unpaired) electrons. The average molecular weight is 319 g/mol. The Labute approximate surface area is 133 Å². The monoisotopic (exact) mass is 318 g/mol. The summed E-state index contributed by atoms with van der Waals surface area (Å²) in [5, 5.41) is 0.566. The van der Waals surface area contributed by atoms with Crippen LogP contribution >= 0.6 is 11.6 Å². The molecule has 1 unspecified atom stereocenters. The SMILES string of the molecule is CN1C(=O)CN(C)C(c2ccccc2F)c2cc(Cl)ccc21. The van der Waals surface area contributed by atoms with Crippen LogP contribution in [0.5, 0.6) is 0 Å². The topological polar surface area (TPSA) is 23.6 Å². The van der Waals surface area contributed by atoms with Crippen LogP contribution in [0.1, 0.15) is 17.2 Å². The molecule has 1 amide bonds. The Hall–Kier alpha value is -1.91. The molecule has 0 aromatic heterocycles. The lowest BCUT2D eigenvalue weighted by molar-refractivity contribution is -0.119. The summed E-state index contributed by atoms with van der Waals surface area (Å²) in [6.45, 7) is 0.210. The van der Waals surface area contributed by atoms with Crippen molar-refractivity contribution in [2.24, 2.45) is 0 Å². The molecule has 2 aromatic carbocycles. The first-order chi connectivity index (χ1) is 10.5. The maximum Gasteiger partial charge on any atom is 0.240 e. The second-order valence-corrected chi connectivity index (χ2v) is 5.93. The number of hydrogen-bond acceptors (Lipinski definition) is 2. The molecule has 0 aliphatic carbocycles. The Morgan fingerprint density at radius 2 is 1.86 bits per heavy atom. The average Bonchev–Trinajstić information content (AvgIpc) is 2.56. The summed E-state index contributed by atoms with van der Waals surface area (Å²) in [4.78, 5) is 15.7. The van der Waals surface area contributed by atoms with Crippen molar-refractivity contribution in [1.82, 2.24) is 4.90 Å². The molecule has 0 saturated heterocycles. The summed E-state index contributed by atoms with van der Waals surface area (Å²) >= 11 is 6.14. The van der Waals surface area contributed by atoms with E-state index in [1.165, 1.54) is 6.07 Å². The van der Waals surface area contributed by atoms with E-state index in [1.54, 1.807) is 42.3 Å². The second kappa shape index (κ2) is 5.71. The van der Waals surface area contributed by atoms with E-state index in [1.807, 2.05) is 18.0 Å². The van der Waals surface area contributed by atoms with Crippen molar-refractivity contribution < 1.29 is 9.18 Å². The van der Waals surface area contributed by atoms with Crippen LogP contribution in [0.4, 0.5) is 10.1 Å². The van der Waals surface area contributed by atoms with Gasteiger partial charge in [-0.05, 0) is 36.9 Å². The number of halogens is 2. The Morgan fingerprint density at radius 3 is 2.59 bits per heavy atom. The zero-order valence-corrected chi connectivity index (χ0v) is 13.1. The maximum absolute atomic E-state index is 14.3. The fourth-order valence-corrected chi connectivity index (χ4v) is 3.11. The highest BCUT2D eigenvalue weighted by atomic mass is 35.5. The maximum atomic E-state index is 14.3. The highest BCUT2D eigenvalue weighted by Crippen LogP contribution is 2.38. The van der Waals surface area contributed by atoms with Gasteiger partial charge in [-0.25, -0.2) is 4.39 Å². The number of fused-ring (bicyclic) bond motifs is 1. The van der Waals surface area contributed by atoms with Crippen molar-refractivity contribution in [3.63, 3.8) is 0 Å². The first kappa shape index (κ1) is 15.0. The number of benzene rings is 2. The zero-order chi connectivity index (χ0) is 15.9. The van der Waals surface area contributed by atoms with E-state index in [0.717, 1.165) is 11.3 Å². The third-order valence-electron chi connectivity index (χ3n) is 4.04. The van der Waals surface area contributed by atoms with E-state index in [-0.39, 0.29) is 24.3 Å². The smallest absolute Gasteiger partial charge is 0.240 e. The fraction of sp³-hybridized carbons (Fsp3) is 0.235. The van der Waals surface area contributed by atoms with Crippen molar-refractivity contribution in [3.8, 4) is 0 Å². The Bertz CT molecular complexity index is 734. The Kier molecular flexibility index (Phi) is 3.89. The summed E-state index contributed by atoms with van der Waals surface area (Å²) in [6, 6.07) is 11.6. The van der Waals surface area contributed by atoms with Crippen LogP contribution in [0.25, 0.3) is 0 Å². The number of rotatable bonds is 1. The molecule has 0 bridgehead atoms. The van der Waals surface area contributed by atoms with Crippen LogP contribution in [0.3, 0.4) is 0 Å². The van der Waals surface area contributed by atoms with Crippen molar-refractivity contribution in [2.45, 2.75) is 6.04 Å². The number of carbonyl (C=O) groups excluding carboxylic acids is 1. The molecule has 1 aliphatic rings. The standard InChI is InChI=1S/C17H16ClFN2O/c1-20-10-16(22)21(2)15-8-7-11(18)9-13(15)17(20)12-5-3-4-6-14(12)19/h3-9,17H,10H2,1-2H3. The number of carbonyl (C=O) groups is 1. The molecule has 0 N–H and O–H groups in total. The third kappa shape index (κ3) is 2.49. The van der Waals surface area contributed by atoms with E-state index in [4.69, 9.17) is 11.6 Å². The lowest BCUT2D eigenvalue weighted by Crippen LogP contribution is -2.34. The van der Waals surface area contributed by atoms with E-state index >= 15 is 0 Å². The summed E-state index contributed by atoms with van der Waals surface area (Å²) in [7, 11) is 3.55. The van der Waals surface area contributed by atoms with Gasteiger partial charge in [-0.2, -0.15) is 0 Å². The quantitative estimate of drug-likeness (QED) is 0.803. The number of amides is 1. The Balaban J connectivity index is 2.25. The summed E-state index contributed by atoms with van der Waals surface area (Å²) in [5.74, 6) is -0.327. The molecule has 3 nitrogen and oxygen atoms in total. The van der Waals surface area contributed by atoms with Gasteiger partial charge in [0.1, 0.15) is 5.82 Å². The van der Waals surface area contributed by atoms with Crippen LogP contribution in [0.15, 0.2) is 42.5 Å². The van der Waals surface area contributed by atoms with Gasteiger partial charge in [0, 0.05) is 23.3 Å². The predicted octanol–water partition coefficient (Wildman–Crippen LogP) is 3.48. The van der Waals surface area contributed by atoms with Crippen LogP contribution in [-0.2, 0) is 4.79 Å². The highest BCUT2D eigenvalue weighted by molar-refractivity contribution is 6.30. The normalized spacial score (nSPS) is 19.0. The van der Waals surface area contributed by atoms with Gasteiger partial charge in [-0.1, -0.05) is 29.8 Å². The summed E-state index contributed by atoms with van der Waals surface area (Å²) in [6.07, 6.45) is 0. The number of anilines is 1. The van der Waals surface area contributed by atoms with E-state index in [0.29, 0.717) is 10.6 Å². The lowest BCUT2D eigenvalue weighted by Gasteiger charge is -2.27. The molecule has 1 aliphatic heterocycles. The summed E-state index contributed by atoms with van der Waals surface area (Å²) < 4.78 is 14.3. The van der Waals surface area contributed by atoms with Crippen molar-refractivity contribution in [1.29, 1.82) is 0 Å². The molecule has 114 valence electrons. The van der Waals surface area contributed by atoms with Crippen LogP contribution < -0.4 is 4.90 Å². The minimum Gasteiger partial charge on any atom is -0.314 e. The molecule has 3 rings (SSSR count). The molecule has 0 fully saturated rings. The van der Waals surface area contributed by atoms with Gasteiger partial charge < -0.3 is 4.90 Å². The van der Waals surface area contributed by atoms with Crippen molar-refractivity contribution >= 4 is 23.2 Å². The number of likely N-dealkylation sites (N-methyl/N-ethyl adjacent to an activating group) is 2. The molecular formula is C17H16ClFN2O.